The second kappa shape index (κ2) is 6.80. The quantitative estimate of drug-likeness (QED) is 0.686. The van der Waals surface area contributed by atoms with Gasteiger partial charge in [-0.15, -0.1) is 0 Å². The molecule has 2 rings (SSSR count). The van der Waals surface area contributed by atoms with Crippen LogP contribution in [0.3, 0.4) is 0 Å². The average Bonchev–Trinajstić information content (AvgIpc) is 2.87. The van der Waals surface area contributed by atoms with E-state index in [-0.39, 0.29) is 17.5 Å². The van der Waals surface area contributed by atoms with E-state index < -0.39 is 0 Å². The molecular formula is C16H25NO2. The summed E-state index contributed by atoms with van der Waals surface area (Å²) in [5.41, 5.74) is 0.846. The first-order chi connectivity index (χ1) is 9.16. The van der Waals surface area contributed by atoms with E-state index in [0.29, 0.717) is 0 Å². The third-order valence-corrected chi connectivity index (χ3v) is 4.19. The van der Waals surface area contributed by atoms with Gasteiger partial charge in [0, 0.05) is 17.7 Å². The fraction of sp³-hybridized carbons (Fsp3) is 0.625. The molecule has 0 radical (unpaired) electrons. The van der Waals surface area contributed by atoms with Gasteiger partial charge in [-0.25, -0.2) is 0 Å². The summed E-state index contributed by atoms with van der Waals surface area (Å²) < 4.78 is 0. The molecule has 1 saturated carbocycles. The van der Waals surface area contributed by atoms with Crippen LogP contribution < -0.4 is 5.32 Å². The summed E-state index contributed by atoms with van der Waals surface area (Å²) >= 11 is 0. The minimum atomic E-state index is 0.106. The fourth-order valence-corrected chi connectivity index (χ4v) is 3.02. The van der Waals surface area contributed by atoms with E-state index in [1.165, 1.54) is 44.6 Å². The maximum Gasteiger partial charge on any atom is 0.124 e. The van der Waals surface area contributed by atoms with Crippen LogP contribution in [0.4, 0.5) is 0 Å². The van der Waals surface area contributed by atoms with Crippen molar-refractivity contribution in [1.29, 1.82) is 0 Å². The second-order valence-electron chi connectivity index (χ2n) is 5.71. The molecule has 0 heterocycles. The highest BCUT2D eigenvalue weighted by Crippen LogP contribution is 2.29. The SMILES string of the molecule is CC(NCCCC1CCCC1)c1ccc(O)cc1O. The van der Waals surface area contributed by atoms with Gasteiger partial charge in [0.15, 0.2) is 0 Å². The predicted octanol–water partition coefficient (Wildman–Crippen LogP) is 3.72. The number of benzene rings is 1. The Morgan fingerprint density at radius 1 is 1.26 bits per heavy atom. The third kappa shape index (κ3) is 4.13. The average molecular weight is 263 g/mol. The summed E-state index contributed by atoms with van der Waals surface area (Å²) in [4.78, 5) is 0. The van der Waals surface area contributed by atoms with Gasteiger partial charge in [0.2, 0.25) is 0 Å². The lowest BCUT2D eigenvalue weighted by molar-refractivity contribution is 0.428. The van der Waals surface area contributed by atoms with Crippen molar-refractivity contribution in [2.24, 2.45) is 5.92 Å². The monoisotopic (exact) mass is 263 g/mol. The number of phenols is 2. The molecule has 3 heteroatoms. The molecule has 3 nitrogen and oxygen atoms in total. The Morgan fingerprint density at radius 2 is 2.00 bits per heavy atom. The van der Waals surface area contributed by atoms with E-state index in [0.717, 1.165) is 18.0 Å². The molecule has 1 fully saturated rings. The van der Waals surface area contributed by atoms with Crippen molar-refractivity contribution < 1.29 is 10.2 Å². The molecule has 106 valence electrons. The van der Waals surface area contributed by atoms with E-state index in [9.17, 15) is 10.2 Å². The first-order valence-corrected chi connectivity index (χ1v) is 7.42. The molecular weight excluding hydrogens is 238 g/mol. The zero-order chi connectivity index (χ0) is 13.7. The highest BCUT2D eigenvalue weighted by molar-refractivity contribution is 5.40. The number of rotatable bonds is 6. The number of nitrogens with one attached hydrogen (secondary N) is 1. The molecule has 0 saturated heterocycles. The molecule has 0 bridgehead atoms. The van der Waals surface area contributed by atoms with Gasteiger partial charge in [-0.2, -0.15) is 0 Å². The summed E-state index contributed by atoms with van der Waals surface area (Å²) in [7, 11) is 0. The molecule has 1 aliphatic rings. The lowest BCUT2D eigenvalue weighted by Crippen LogP contribution is -2.20. The van der Waals surface area contributed by atoms with Crippen molar-refractivity contribution in [1.82, 2.24) is 5.32 Å². The maximum atomic E-state index is 9.79. The number of phenolic OH excluding ortho intramolecular Hbond substituents is 2. The van der Waals surface area contributed by atoms with Crippen LogP contribution in [-0.4, -0.2) is 16.8 Å². The van der Waals surface area contributed by atoms with Crippen molar-refractivity contribution in [2.45, 2.75) is 51.5 Å². The van der Waals surface area contributed by atoms with Crippen LogP contribution in [0.2, 0.25) is 0 Å². The molecule has 1 unspecified atom stereocenters. The Balaban J connectivity index is 1.72. The third-order valence-electron chi connectivity index (χ3n) is 4.19. The largest absolute Gasteiger partial charge is 0.508 e. The standard InChI is InChI=1S/C16H25NO2/c1-12(15-9-8-14(18)11-16(15)19)17-10-4-7-13-5-2-3-6-13/h8-9,11-13,17-19H,2-7,10H2,1H3. The Bertz CT molecular complexity index is 400. The maximum absolute atomic E-state index is 9.79. The highest BCUT2D eigenvalue weighted by atomic mass is 16.3. The Hall–Kier alpha value is -1.22. The van der Waals surface area contributed by atoms with Gasteiger partial charge in [0.05, 0.1) is 0 Å². The highest BCUT2D eigenvalue weighted by Gasteiger charge is 2.15. The number of hydrogen-bond donors (Lipinski definition) is 3. The van der Waals surface area contributed by atoms with Gasteiger partial charge in [0.1, 0.15) is 11.5 Å². The van der Waals surface area contributed by atoms with Crippen LogP contribution in [0.25, 0.3) is 0 Å². The minimum absolute atomic E-state index is 0.106. The van der Waals surface area contributed by atoms with Gasteiger partial charge >= 0.3 is 0 Å². The molecule has 0 aliphatic heterocycles. The molecule has 0 spiro atoms. The molecule has 1 aromatic rings. The van der Waals surface area contributed by atoms with Crippen molar-refractivity contribution >= 4 is 0 Å². The van der Waals surface area contributed by atoms with Crippen LogP contribution in [-0.2, 0) is 0 Å². The minimum Gasteiger partial charge on any atom is -0.508 e. The van der Waals surface area contributed by atoms with E-state index >= 15 is 0 Å². The summed E-state index contributed by atoms with van der Waals surface area (Å²) in [5, 5.41) is 22.5. The normalized spacial score (nSPS) is 17.7. The lowest BCUT2D eigenvalue weighted by Gasteiger charge is -2.16. The van der Waals surface area contributed by atoms with Gasteiger partial charge in [-0.1, -0.05) is 31.7 Å². The van der Waals surface area contributed by atoms with Gasteiger partial charge < -0.3 is 15.5 Å². The summed E-state index contributed by atoms with van der Waals surface area (Å²) in [5.74, 6) is 1.21. The van der Waals surface area contributed by atoms with Crippen LogP contribution in [0, 0.1) is 5.92 Å². The first-order valence-electron chi connectivity index (χ1n) is 7.42. The lowest BCUT2D eigenvalue weighted by atomic mass is 10.0. The molecule has 19 heavy (non-hydrogen) atoms. The van der Waals surface area contributed by atoms with Gasteiger partial charge in [-0.3, -0.25) is 0 Å². The van der Waals surface area contributed by atoms with Crippen LogP contribution in [0.1, 0.15) is 57.1 Å². The van der Waals surface area contributed by atoms with E-state index in [2.05, 4.69) is 5.32 Å². The molecule has 1 aromatic carbocycles. The topological polar surface area (TPSA) is 52.5 Å². The van der Waals surface area contributed by atoms with Crippen molar-refractivity contribution in [3.05, 3.63) is 23.8 Å². The zero-order valence-electron chi connectivity index (χ0n) is 11.7. The Kier molecular flexibility index (Phi) is 5.08. The van der Waals surface area contributed by atoms with Gasteiger partial charge in [0.25, 0.3) is 0 Å². The summed E-state index contributed by atoms with van der Waals surface area (Å²) in [6.45, 7) is 3.03. The van der Waals surface area contributed by atoms with Crippen LogP contribution >= 0.6 is 0 Å². The van der Waals surface area contributed by atoms with Gasteiger partial charge in [-0.05, 0) is 38.3 Å². The van der Waals surface area contributed by atoms with E-state index in [4.69, 9.17) is 0 Å². The smallest absolute Gasteiger partial charge is 0.124 e. The Labute approximate surface area is 115 Å². The molecule has 1 atom stereocenters. The number of aromatic hydroxyl groups is 2. The molecule has 0 amide bonds. The molecule has 0 aromatic heterocycles. The first kappa shape index (κ1) is 14.2. The van der Waals surface area contributed by atoms with E-state index in [1.54, 1.807) is 12.1 Å². The Morgan fingerprint density at radius 3 is 2.68 bits per heavy atom. The molecule has 3 N–H and O–H groups in total. The zero-order valence-corrected chi connectivity index (χ0v) is 11.7. The predicted molar refractivity (Wildman–Crippen MR) is 77.4 cm³/mol. The van der Waals surface area contributed by atoms with Crippen LogP contribution in [0.15, 0.2) is 18.2 Å². The summed E-state index contributed by atoms with van der Waals surface area (Å²) in [6, 6.07) is 4.90. The molecule has 1 aliphatic carbocycles. The van der Waals surface area contributed by atoms with Crippen molar-refractivity contribution in [2.75, 3.05) is 6.54 Å². The fourth-order valence-electron chi connectivity index (χ4n) is 3.02. The van der Waals surface area contributed by atoms with Crippen molar-refractivity contribution in [3.63, 3.8) is 0 Å². The van der Waals surface area contributed by atoms with Crippen LogP contribution in [0.5, 0.6) is 11.5 Å². The van der Waals surface area contributed by atoms with E-state index in [1.807, 2.05) is 6.92 Å². The number of hydrogen-bond acceptors (Lipinski definition) is 3. The second-order valence-corrected chi connectivity index (χ2v) is 5.71. The summed E-state index contributed by atoms with van der Waals surface area (Å²) in [6.07, 6.45) is 8.17. The van der Waals surface area contributed by atoms with Crippen molar-refractivity contribution in [3.8, 4) is 11.5 Å².